The molecule has 1 saturated heterocycles. The predicted molar refractivity (Wildman–Crippen MR) is 112 cm³/mol. The summed E-state index contributed by atoms with van der Waals surface area (Å²) in [5, 5.41) is 42.6. The second-order valence-electron chi connectivity index (χ2n) is 7.37. The van der Waals surface area contributed by atoms with E-state index in [9.17, 15) is 25.2 Å². The molecule has 1 aromatic heterocycles. The molecule has 2 aromatic carbocycles. The minimum atomic E-state index is -1.50. The van der Waals surface area contributed by atoms with E-state index >= 15 is 0 Å². The summed E-state index contributed by atoms with van der Waals surface area (Å²) in [7, 11) is 1.59. The maximum Gasteiger partial charge on any atom is 0.251 e. The molecule has 1 aliphatic rings. The average Bonchev–Trinajstić information content (AvgIpc) is 3.23. The first-order chi connectivity index (χ1) is 14.9. The van der Waals surface area contributed by atoms with Gasteiger partial charge >= 0.3 is 0 Å². The largest absolute Gasteiger partial charge is 0.462 e. The zero-order valence-electron chi connectivity index (χ0n) is 16.7. The number of rotatable bonds is 5. The molecule has 9 heteroatoms. The Morgan fingerprint density at radius 1 is 1.10 bits per heavy atom. The van der Waals surface area contributed by atoms with Gasteiger partial charge in [-0.1, -0.05) is 6.07 Å². The molecule has 5 atom stereocenters. The van der Waals surface area contributed by atoms with Crippen LogP contribution in [0.4, 0.5) is 0 Å². The fourth-order valence-corrected chi connectivity index (χ4v) is 3.66. The summed E-state index contributed by atoms with van der Waals surface area (Å²) < 4.78 is 11.0. The Morgan fingerprint density at radius 2 is 1.84 bits per heavy atom. The number of aliphatic hydroxyl groups excluding tert-OH is 4. The summed E-state index contributed by atoms with van der Waals surface area (Å²) in [5.74, 6) is 0.203. The lowest BCUT2D eigenvalue weighted by Gasteiger charge is -2.39. The van der Waals surface area contributed by atoms with Gasteiger partial charge in [0.05, 0.1) is 6.61 Å². The third-order valence-electron chi connectivity index (χ3n) is 5.40. The number of H-pyrrole nitrogens is 1. The number of aromatic amines is 1. The standard InChI is InChI=1S/C22H24N2O7/c1-23-21(29)13-3-2-4-15-14(13)9-16(24-15)11-5-7-12(8-6-11)30-22-20(28)19(27)18(26)17(10-25)31-22/h2-9,17-20,22,24-28H,10H2,1H3,(H,23,29). The monoisotopic (exact) mass is 428 g/mol. The lowest BCUT2D eigenvalue weighted by atomic mass is 9.99. The predicted octanol–water partition coefficient (Wildman–Crippen LogP) is 0.373. The van der Waals surface area contributed by atoms with Crippen LogP contribution < -0.4 is 10.1 Å². The second kappa shape index (κ2) is 8.66. The van der Waals surface area contributed by atoms with Crippen LogP contribution in [0.25, 0.3) is 22.2 Å². The van der Waals surface area contributed by atoms with Gasteiger partial charge in [-0.3, -0.25) is 4.79 Å². The maximum atomic E-state index is 12.1. The highest BCUT2D eigenvalue weighted by Gasteiger charge is 2.44. The molecule has 31 heavy (non-hydrogen) atoms. The molecular formula is C22H24N2O7. The number of ether oxygens (including phenoxy) is 2. The molecule has 0 aliphatic carbocycles. The van der Waals surface area contributed by atoms with Gasteiger partial charge in [0.15, 0.2) is 0 Å². The van der Waals surface area contributed by atoms with Crippen LogP contribution in [0, 0.1) is 0 Å². The van der Waals surface area contributed by atoms with Crippen LogP contribution >= 0.6 is 0 Å². The Bertz CT molecular complexity index is 1060. The van der Waals surface area contributed by atoms with Gasteiger partial charge in [-0.15, -0.1) is 0 Å². The molecule has 9 nitrogen and oxygen atoms in total. The lowest BCUT2D eigenvalue weighted by molar-refractivity contribution is -0.277. The summed E-state index contributed by atoms with van der Waals surface area (Å²) in [6.07, 6.45) is -6.71. The summed E-state index contributed by atoms with van der Waals surface area (Å²) in [6.45, 7) is -0.526. The highest BCUT2D eigenvalue weighted by atomic mass is 16.7. The SMILES string of the molecule is CNC(=O)c1cccc2[nH]c(-c3ccc(OC4OC(CO)C(O)C(O)C4O)cc3)cc12. The van der Waals surface area contributed by atoms with Gasteiger partial charge in [0, 0.05) is 29.2 Å². The molecule has 5 unspecified atom stereocenters. The summed E-state index contributed by atoms with van der Waals surface area (Å²) in [6, 6.07) is 14.3. The van der Waals surface area contributed by atoms with Crippen molar-refractivity contribution in [1.82, 2.24) is 10.3 Å². The lowest BCUT2D eigenvalue weighted by Crippen LogP contribution is -2.60. The van der Waals surface area contributed by atoms with Crippen molar-refractivity contribution in [2.24, 2.45) is 0 Å². The van der Waals surface area contributed by atoms with Crippen molar-refractivity contribution in [3.8, 4) is 17.0 Å². The highest BCUT2D eigenvalue weighted by Crippen LogP contribution is 2.29. The molecule has 6 N–H and O–H groups in total. The van der Waals surface area contributed by atoms with E-state index in [1.54, 1.807) is 37.4 Å². The molecule has 164 valence electrons. The van der Waals surface area contributed by atoms with Crippen molar-refractivity contribution in [2.45, 2.75) is 30.7 Å². The maximum absolute atomic E-state index is 12.1. The van der Waals surface area contributed by atoms with Crippen LogP contribution in [0.2, 0.25) is 0 Å². The quantitative estimate of drug-likeness (QED) is 0.345. The normalized spacial score (nSPS) is 26.0. The number of carbonyl (C=O) groups excluding carboxylic acids is 1. The number of hydrogen-bond donors (Lipinski definition) is 6. The van der Waals surface area contributed by atoms with Crippen molar-refractivity contribution in [3.05, 3.63) is 54.1 Å². The van der Waals surface area contributed by atoms with Gasteiger partial charge in [-0.05, 0) is 48.0 Å². The van der Waals surface area contributed by atoms with Gasteiger partial charge in [0.1, 0.15) is 30.2 Å². The minimum Gasteiger partial charge on any atom is -0.462 e. The molecule has 1 aliphatic heterocycles. The number of aromatic nitrogens is 1. The van der Waals surface area contributed by atoms with Gasteiger partial charge < -0.3 is 40.2 Å². The molecule has 0 saturated carbocycles. The van der Waals surface area contributed by atoms with Gasteiger partial charge in [0.2, 0.25) is 6.29 Å². The molecule has 4 rings (SSSR count). The average molecular weight is 428 g/mol. The Kier molecular flexibility index (Phi) is 5.94. The van der Waals surface area contributed by atoms with E-state index in [-0.39, 0.29) is 5.91 Å². The van der Waals surface area contributed by atoms with Crippen LogP contribution in [-0.4, -0.2) is 75.7 Å². The number of hydrogen-bond acceptors (Lipinski definition) is 7. The number of fused-ring (bicyclic) bond motifs is 1. The zero-order valence-corrected chi connectivity index (χ0v) is 16.7. The number of benzene rings is 2. The molecule has 0 spiro atoms. The third-order valence-corrected chi connectivity index (χ3v) is 5.40. The highest BCUT2D eigenvalue weighted by molar-refractivity contribution is 6.07. The first-order valence-corrected chi connectivity index (χ1v) is 9.84. The third kappa shape index (κ3) is 4.01. The van der Waals surface area contributed by atoms with Crippen molar-refractivity contribution in [3.63, 3.8) is 0 Å². The Hall–Kier alpha value is -2.95. The van der Waals surface area contributed by atoms with Crippen molar-refractivity contribution >= 4 is 16.8 Å². The zero-order chi connectivity index (χ0) is 22.1. The summed E-state index contributed by atoms with van der Waals surface area (Å²) in [4.78, 5) is 15.4. The number of aliphatic hydroxyl groups is 4. The van der Waals surface area contributed by atoms with Crippen molar-refractivity contribution in [1.29, 1.82) is 0 Å². The van der Waals surface area contributed by atoms with Crippen LogP contribution in [0.1, 0.15) is 10.4 Å². The van der Waals surface area contributed by atoms with Gasteiger partial charge in [-0.2, -0.15) is 0 Å². The van der Waals surface area contributed by atoms with E-state index < -0.39 is 37.3 Å². The first-order valence-electron chi connectivity index (χ1n) is 9.84. The van der Waals surface area contributed by atoms with Crippen LogP contribution in [-0.2, 0) is 4.74 Å². The summed E-state index contributed by atoms with van der Waals surface area (Å²) >= 11 is 0. The van der Waals surface area contributed by atoms with Gasteiger partial charge in [0.25, 0.3) is 5.91 Å². The van der Waals surface area contributed by atoms with E-state index in [0.29, 0.717) is 11.3 Å². The Labute approximate surface area is 177 Å². The van der Waals surface area contributed by atoms with Crippen molar-refractivity contribution < 1.29 is 34.7 Å². The Balaban J connectivity index is 1.54. The Morgan fingerprint density at radius 3 is 2.52 bits per heavy atom. The smallest absolute Gasteiger partial charge is 0.251 e. The van der Waals surface area contributed by atoms with E-state index in [2.05, 4.69) is 10.3 Å². The number of nitrogens with one attached hydrogen (secondary N) is 2. The number of amides is 1. The van der Waals surface area contributed by atoms with Crippen LogP contribution in [0.5, 0.6) is 5.75 Å². The molecular weight excluding hydrogens is 404 g/mol. The molecule has 1 fully saturated rings. The van der Waals surface area contributed by atoms with Crippen LogP contribution in [0.3, 0.4) is 0 Å². The minimum absolute atomic E-state index is 0.167. The molecule has 3 aromatic rings. The van der Waals surface area contributed by atoms with E-state index in [1.165, 1.54) is 0 Å². The van der Waals surface area contributed by atoms with E-state index in [0.717, 1.165) is 22.2 Å². The molecule has 1 amide bonds. The molecule has 2 heterocycles. The van der Waals surface area contributed by atoms with Crippen LogP contribution in [0.15, 0.2) is 48.5 Å². The van der Waals surface area contributed by atoms with Gasteiger partial charge in [-0.25, -0.2) is 0 Å². The van der Waals surface area contributed by atoms with E-state index in [1.807, 2.05) is 18.2 Å². The topological polar surface area (TPSA) is 144 Å². The summed E-state index contributed by atoms with van der Waals surface area (Å²) in [5.41, 5.74) is 3.06. The molecule has 0 bridgehead atoms. The fourth-order valence-electron chi connectivity index (χ4n) is 3.66. The molecule has 0 radical (unpaired) electrons. The van der Waals surface area contributed by atoms with E-state index in [4.69, 9.17) is 9.47 Å². The van der Waals surface area contributed by atoms with Crippen molar-refractivity contribution in [2.75, 3.05) is 13.7 Å². The number of carbonyl (C=O) groups is 1. The first kappa shape index (κ1) is 21.3. The second-order valence-corrected chi connectivity index (χ2v) is 7.37. The fraction of sp³-hybridized carbons (Fsp3) is 0.318.